The summed E-state index contributed by atoms with van der Waals surface area (Å²) in [6.45, 7) is 4.64. The number of hydrogen-bond donors (Lipinski definition) is 2. The number of quaternary nitrogens is 1. The predicted octanol–water partition coefficient (Wildman–Crippen LogP) is 0.727. The highest BCUT2D eigenvalue weighted by molar-refractivity contribution is 6.35. The Balaban J connectivity index is 1.84. The van der Waals surface area contributed by atoms with Crippen molar-refractivity contribution >= 4 is 35.0 Å². The van der Waals surface area contributed by atoms with Crippen molar-refractivity contribution in [3.63, 3.8) is 0 Å². The number of nitrogens with zero attached hydrogens (tertiary/aromatic N) is 1. The zero-order valence-electron chi connectivity index (χ0n) is 16.2. The number of nitrogens with one attached hydrogen (secondary N) is 1. The van der Waals surface area contributed by atoms with E-state index in [4.69, 9.17) is 16.3 Å². The predicted molar refractivity (Wildman–Crippen MR) is 103 cm³/mol. The topological polar surface area (TPSA) is 92.3 Å². The molecule has 4 rings (SSSR count). The first-order valence-corrected chi connectivity index (χ1v) is 10.0. The maximum absolute atomic E-state index is 13.4. The first-order valence-electron chi connectivity index (χ1n) is 9.63. The van der Waals surface area contributed by atoms with Crippen LogP contribution in [0.2, 0.25) is 5.02 Å². The van der Waals surface area contributed by atoms with Crippen molar-refractivity contribution in [3.8, 4) is 0 Å². The van der Waals surface area contributed by atoms with Crippen molar-refractivity contribution < 1.29 is 24.4 Å². The molecule has 7 nitrogen and oxygen atoms in total. The average molecular weight is 407 g/mol. The van der Waals surface area contributed by atoms with Crippen molar-refractivity contribution in [1.29, 1.82) is 0 Å². The lowest BCUT2D eigenvalue weighted by molar-refractivity contribution is -0.734. The molecule has 1 aromatic carbocycles. The summed E-state index contributed by atoms with van der Waals surface area (Å²) in [6, 6.07) is 5.18. The molecule has 28 heavy (non-hydrogen) atoms. The van der Waals surface area contributed by atoms with Gasteiger partial charge in [-0.1, -0.05) is 31.5 Å². The number of ether oxygens (including phenoxy) is 1. The second kappa shape index (κ2) is 6.83. The first kappa shape index (κ1) is 19.4. The second-order valence-electron chi connectivity index (χ2n) is 8.27. The number of anilines is 1. The van der Waals surface area contributed by atoms with Crippen molar-refractivity contribution in [2.75, 3.05) is 25.6 Å². The highest BCUT2D eigenvalue weighted by atomic mass is 35.5. The van der Waals surface area contributed by atoms with E-state index in [1.54, 1.807) is 12.1 Å². The van der Waals surface area contributed by atoms with Crippen LogP contribution in [0.3, 0.4) is 0 Å². The third kappa shape index (κ3) is 2.53. The number of carbonyl (C=O) groups is 3. The van der Waals surface area contributed by atoms with Crippen LogP contribution in [0.25, 0.3) is 0 Å². The summed E-state index contributed by atoms with van der Waals surface area (Å²) in [5.41, 5.74) is 0.0879. The molecule has 3 aliphatic rings. The third-order valence-corrected chi connectivity index (χ3v) is 6.52. The molecule has 1 spiro atoms. The monoisotopic (exact) mass is 406 g/mol. The molecule has 4 atom stereocenters. The molecular formula is C20H25ClN3O4+. The van der Waals surface area contributed by atoms with Gasteiger partial charge in [-0.3, -0.25) is 19.3 Å². The van der Waals surface area contributed by atoms with Crippen LogP contribution in [0.5, 0.6) is 0 Å². The molecule has 0 saturated carbocycles. The molecule has 2 saturated heterocycles. The smallest absolute Gasteiger partial charge is 0.291 e. The fourth-order valence-electron chi connectivity index (χ4n) is 5.18. The van der Waals surface area contributed by atoms with Crippen molar-refractivity contribution in [2.45, 2.75) is 31.8 Å². The Bertz CT molecular complexity index is 858. The van der Waals surface area contributed by atoms with Gasteiger partial charge in [0.2, 0.25) is 17.4 Å². The number of benzene rings is 1. The van der Waals surface area contributed by atoms with Gasteiger partial charge in [0.05, 0.1) is 23.9 Å². The number of likely N-dealkylation sites (tertiary alicyclic amines) is 1. The van der Waals surface area contributed by atoms with Crippen molar-refractivity contribution in [2.24, 2.45) is 17.8 Å². The maximum atomic E-state index is 13.4. The number of methoxy groups -OCH3 is 1. The summed E-state index contributed by atoms with van der Waals surface area (Å²) in [5, 5.41) is 5.26. The van der Waals surface area contributed by atoms with E-state index in [2.05, 4.69) is 19.2 Å². The molecule has 0 radical (unpaired) electrons. The lowest BCUT2D eigenvalue weighted by Gasteiger charge is -2.26. The summed E-state index contributed by atoms with van der Waals surface area (Å²) in [5.74, 6) is -1.70. The zero-order chi connectivity index (χ0) is 20.2. The normalized spacial score (nSPS) is 31.1. The van der Waals surface area contributed by atoms with Crippen molar-refractivity contribution in [3.05, 3.63) is 28.8 Å². The van der Waals surface area contributed by atoms with Gasteiger partial charge < -0.3 is 15.4 Å². The van der Waals surface area contributed by atoms with Gasteiger partial charge in [0.1, 0.15) is 17.9 Å². The minimum Gasteiger partial charge on any atom is -0.383 e. The average Bonchev–Trinajstić information content (AvgIpc) is 3.20. The molecule has 0 unspecified atom stereocenters. The number of halogens is 1. The SMILES string of the molecule is COCCN1C(=O)[C@@H]2[C@H](CC(C)C)[NH2+][C@@]3(C(=O)Nc4c(Cl)cccc43)[C@@H]2C1=O. The Morgan fingerprint density at radius 1 is 1.29 bits per heavy atom. The minimum absolute atomic E-state index is 0.148. The molecule has 3 N–H and O–H groups in total. The van der Waals surface area contributed by atoms with Gasteiger partial charge in [-0.2, -0.15) is 0 Å². The van der Waals surface area contributed by atoms with Crippen LogP contribution in [0.15, 0.2) is 18.2 Å². The van der Waals surface area contributed by atoms with Crippen LogP contribution in [0, 0.1) is 17.8 Å². The van der Waals surface area contributed by atoms with Crippen LogP contribution in [-0.2, 0) is 24.7 Å². The maximum Gasteiger partial charge on any atom is 0.291 e. The van der Waals surface area contributed by atoms with Gasteiger partial charge >= 0.3 is 0 Å². The van der Waals surface area contributed by atoms with E-state index in [1.165, 1.54) is 12.0 Å². The lowest BCUT2D eigenvalue weighted by atomic mass is 9.76. The number of fused-ring (bicyclic) bond motifs is 4. The molecule has 1 aromatic rings. The van der Waals surface area contributed by atoms with E-state index in [0.717, 1.165) is 6.42 Å². The summed E-state index contributed by atoms with van der Waals surface area (Å²) in [4.78, 5) is 41.1. The number of rotatable bonds is 5. The molecule has 0 bridgehead atoms. The van der Waals surface area contributed by atoms with Gasteiger partial charge in [-0.15, -0.1) is 0 Å². The van der Waals surface area contributed by atoms with Crippen LogP contribution < -0.4 is 10.6 Å². The molecule has 3 heterocycles. The molecule has 0 aromatic heterocycles. The number of carbonyl (C=O) groups excluding carboxylic acids is 3. The van der Waals surface area contributed by atoms with E-state index < -0.39 is 17.4 Å². The molecule has 8 heteroatoms. The van der Waals surface area contributed by atoms with Gasteiger partial charge in [0.25, 0.3) is 5.91 Å². The fourth-order valence-corrected chi connectivity index (χ4v) is 5.40. The fraction of sp³-hybridized carbons (Fsp3) is 0.550. The number of amides is 3. The zero-order valence-corrected chi connectivity index (χ0v) is 17.0. The minimum atomic E-state index is -1.15. The van der Waals surface area contributed by atoms with Gasteiger partial charge in [0, 0.05) is 19.1 Å². The standard InChI is InChI=1S/C20H24ClN3O4/c1-10(2)9-13-14-15(18(26)24(17(14)25)7-8-28-3)20(23-13)11-5-4-6-12(21)16(11)22-19(20)27/h4-6,10,13-15,23H,7-9H2,1-3H3,(H,22,27)/p+1/t13-,14+,15-,20+/m0/s1. The molecule has 3 amide bonds. The summed E-state index contributed by atoms with van der Waals surface area (Å²) in [6.07, 6.45) is 0.739. The highest BCUT2D eigenvalue weighted by Crippen LogP contribution is 2.51. The molecule has 150 valence electrons. The second-order valence-corrected chi connectivity index (χ2v) is 8.68. The molecule has 0 aliphatic carbocycles. The Morgan fingerprint density at radius 2 is 2.04 bits per heavy atom. The van der Waals surface area contributed by atoms with E-state index >= 15 is 0 Å². The van der Waals surface area contributed by atoms with Crippen LogP contribution >= 0.6 is 11.6 Å². The summed E-state index contributed by atoms with van der Waals surface area (Å²) < 4.78 is 5.07. The van der Waals surface area contributed by atoms with Gasteiger partial charge in [-0.25, -0.2) is 0 Å². The Hall–Kier alpha value is -1.96. The van der Waals surface area contributed by atoms with E-state index in [0.29, 0.717) is 22.2 Å². The van der Waals surface area contributed by atoms with Gasteiger partial charge in [0.15, 0.2) is 0 Å². The highest BCUT2D eigenvalue weighted by Gasteiger charge is 2.74. The largest absolute Gasteiger partial charge is 0.383 e. The van der Waals surface area contributed by atoms with Crippen molar-refractivity contribution in [1.82, 2.24) is 4.90 Å². The summed E-state index contributed by atoms with van der Waals surface area (Å²) >= 11 is 6.32. The van der Waals surface area contributed by atoms with Crippen LogP contribution in [0.4, 0.5) is 5.69 Å². The number of nitrogens with two attached hydrogens (primary N) is 1. The van der Waals surface area contributed by atoms with Gasteiger partial charge in [-0.05, 0) is 18.1 Å². The number of imide groups is 1. The Morgan fingerprint density at radius 3 is 2.71 bits per heavy atom. The van der Waals surface area contributed by atoms with Crippen LogP contribution in [-0.4, -0.2) is 48.9 Å². The van der Waals surface area contributed by atoms with E-state index in [9.17, 15) is 14.4 Å². The number of para-hydroxylation sites is 1. The third-order valence-electron chi connectivity index (χ3n) is 6.21. The molecular weight excluding hydrogens is 382 g/mol. The lowest BCUT2D eigenvalue weighted by Crippen LogP contribution is -2.99. The Labute approximate surface area is 168 Å². The van der Waals surface area contributed by atoms with E-state index in [-0.39, 0.29) is 36.9 Å². The molecule has 2 fully saturated rings. The number of hydrogen-bond acceptors (Lipinski definition) is 4. The first-order chi connectivity index (χ1) is 13.3. The molecule has 3 aliphatic heterocycles. The quantitative estimate of drug-likeness (QED) is 0.705. The Kier molecular flexibility index (Phi) is 4.72. The van der Waals surface area contributed by atoms with Crippen LogP contribution in [0.1, 0.15) is 25.8 Å². The van der Waals surface area contributed by atoms with E-state index in [1.807, 2.05) is 11.4 Å². The summed E-state index contributed by atoms with van der Waals surface area (Å²) in [7, 11) is 1.53.